The molecule has 5 nitrogen and oxygen atoms in total. The fraction of sp³-hybridized carbons (Fsp3) is 0.529. The molecule has 0 saturated carbocycles. The van der Waals surface area contributed by atoms with Crippen LogP contribution in [0.4, 0.5) is 4.79 Å². The van der Waals surface area contributed by atoms with Gasteiger partial charge >= 0.3 is 6.09 Å². The molecule has 1 unspecified atom stereocenters. The summed E-state index contributed by atoms with van der Waals surface area (Å²) in [7, 11) is 0. The van der Waals surface area contributed by atoms with E-state index in [4.69, 9.17) is 16.3 Å². The lowest BCUT2D eigenvalue weighted by Crippen LogP contribution is -2.49. The highest BCUT2D eigenvalue weighted by Gasteiger charge is 2.43. The van der Waals surface area contributed by atoms with Crippen LogP contribution in [0, 0.1) is 0 Å². The highest BCUT2D eigenvalue weighted by atomic mass is 79.9. The zero-order chi connectivity index (χ0) is 18.0. The number of carbonyl (C=O) groups is 2. The third-order valence-corrected chi connectivity index (χ3v) is 4.59. The first-order valence-corrected chi connectivity index (χ1v) is 9.09. The van der Waals surface area contributed by atoms with Crippen molar-refractivity contribution >= 4 is 39.5 Å². The van der Waals surface area contributed by atoms with Gasteiger partial charge in [0, 0.05) is 11.0 Å². The molecule has 0 bridgehead atoms. The molecule has 1 fully saturated rings. The van der Waals surface area contributed by atoms with E-state index < -0.39 is 11.1 Å². The smallest absolute Gasteiger partial charge is 0.410 e. The number of alkyl halides is 1. The molecule has 0 aliphatic carbocycles. The van der Waals surface area contributed by atoms with E-state index in [0.717, 1.165) is 10.0 Å². The Kier molecular flexibility index (Phi) is 5.81. The van der Waals surface area contributed by atoms with Gasteiger partial charge in [0.2, 0.25) is 5.91 Å². The molecule has 1 aromatic carbocycles. The van der Waals surface area contributed by atoms with Crippen LogP contribution in [0.25, 0.3) is 0 Å². The number of nitrogens with one attached hydrogen (secondary N) is 1. The van der Waals surface area contributed by atoms with Crippen LogP contribution in [-0.4, -0.2) is 41.5 Å². The van der Waals surface area contributed by atoms with Gasteiger partial charge in [0.25, 0.3) is 0 Å². The summed E-state index contributed by atoms with van der Waals surface area (Å²) < 4.78 is 6.39. The molecule has 0 spiro atoms. The lowest BCUT2D eigenvalue weighted by atomic mass is 9.89. The Morgan fingerprint density at radius 1 is 1.33 bits per heavy atom. The minimum Gasteiger partial charge on any atom is -0.444 e. The van der Waals surface area contributed by atoms with Crippen LogP contribution in [-0.2, 0) is 15.1 Å². The Labute approximate surface area is 155 Å². The SMILES string of the molecule is CC(C)(C)OC(=O)N1CCC(NC(=O)CCl)(c2ccc(Br)cc2)C1. The predicted octanol–water partition coefficient (Wildman–Crippen LogP) is 3.64. The van der Waals surface area contributed by atoms with Crippen molar-refractivity contribution in [2.45, 2.75) is 38.3 Å². The van der Waals surface area contributed by atoms with Gasteiger partial charge in [-0.3, -0.25) is 4.79 Å². The number of hydrogen-bond acceptors (Lipinski definition) is 3. The average Bonchev–Trinajstić information content (AvgIpc) is 2.91. The Morgan fingerprint density at radius 2 is 1.96 bits per heavy atom. The number of likely N-dealkylation sites (tertiary alicyclic amines) is 1. The topological polar surface area (TPSA) is 58.6 Å². The zero-order valence-electron chi connectivity index (χ0n) is 14.1. The van der Waals surface area contributed by atoms with Crippen molar-refractivity contribution in [2.75, 3.05) is 19.0 Å². The molecule has 7 heteroatoms. The summed E-state index contributed by atoms with van der Waals surface area (Å²) in [5.74, 6) is -0.379. The summed E-state index contributed by atoms with van der Waals surface area (Å²) in [5.41, 5.74) is -0.265. The lowest BCUT2D eigenvalue weighted by Gasteiger charge is -2.31. The molecule has 1 atom stereocenters. The van der Waals surface area contributed by atoms with E-state index in [-0.39, 0.29) is 17.9 Å². The second-order valence-electron chi connectivity index (χ2n) is 6.92. The van der Waals surface area contributed by atoms with Crippen molar-refractivity contribution in [3.63, 3.8) is 0 Å². The maximum Gasteiger partial charge on any atom is 0.410 e. The number of benzene rings is 1. The maximum absolute atomic E-state index is 12.3. The summed E-state index contributed by atoms with van der Waals surface area (Å²) in [4.78, 5) is 25.9. The van der Waals surface area contributed by atoms with Crippen molar-refractivity contribution in [1.29, 1.82) is 0 Å². The van der Waals surface area contributed by atoms with E-state index in [1.165, 1.54) is 0 Å². The molecular weight excluding hydrogens is 396 g/mol. The molecule has 1 aromatic rings. The van der Waals surface area contributed by atoms with Crippen LogP contribution in [0.5, 0.6) is 0 Å². The van der Waals surface area contributed by atoms with Crippen LogP contribution in [0.15, 0.2) is 28.7 Å². The first-order chi connectivity index (χ1) is 11.1. The van der Waals surface area contributed by atoms with Gasteiger partial charge in [0.05, 0.1) is 12.1 Å². The number of carbonyl (C=O) groups excluding carboxylic acids is 2. The van der Waals surface area contributed by atoms with Crippen LogP contribution in [0.1, 0.15) is 32.8 Å². The van der Waals surface area contributed by atoms with Crippen molar-refractivity contribution in [3.05, 3.63) is 34.3 Å². The number of ether oxygens (including phenoxy) is 1. The zero-order valence-corrected chi connectivity index (χ0v) is 16.4. The minimum absolute atomic E-state index is 0.120. The van der Waals surface area contributed by atoms with E-state index in [0.29, 0.717) is 19.5 Å². The Hall–Kier alpha value is -1.27. The molecule has 0 radical (unpaired) electrons. The Balaban J connectivity index is 2.24. The molecular formula is C17H22BrClN2O3. The van der Waals surface area contributed by atoms with Crippen LogP contribution < -0.4 is 5.32 Å². The molecule has 1 saturated heterocycles. The second-order valence-corrected chi connectivity index (χ2v) is 8.11. The molecule has 1 heterocycles. The monoisotopic (exact) mass is 416 g/mol. The molecule has 2 amide bonds. The second kappa shape index (κ2) is 7.31. The van der Waals surface area contributed by atoms with Crippen LogP contribution in [0.2, 0.25) is 0 Å². The fourth-order valence-electron chi connectivity index (χ4n) is 2.77. The van der Waals surface area contributed by atoms with Gasteiger partial charge in [-0.25, -0.2) is 4.79 Å². The van der Waals surface area contributed by atoms with Gasteiger partial charge in [-0.15, -0.1) is 11.6 Å². The number of amides is 2. The fourth-order valence-corrected chi connectivity index (χ4v) is 3.10. The average molecular weight is 418 g/mol. The van der Waals surface area contributed by atoms with E-state index in [2.05, 4.69) is 21.2 Å². The summed E-state index contributed by atoms with van der Waals surface area (Å²) in [6.07, 6.45) is 0.234. The van der Waals surface area contributed by atoms with E-state index in [1.807, 2.05) is 45.0 Å². The highest BCUT2D eigenvalue weighted by molar-refractivity contribution is 9.10. The normalized spacial score (nSPS) is 20.8. The van der Waals surface area contributed by atoms with E-state index in [9.17, 15) is 9.59 Å². The van der Waals surface area contributed by atoms with E-state index >= 15 is 0 Å². The number of rotatable bonds is 3. The molecule has 1 aliphatic rings. The van der Waals surface area contributed by atoms with E-state index in [1.54, 1.807) is 4.90 Å². The quantitative estimate of drug-likeness (QED) is 0.764. The first-order valence-electron chi connectivity index (χ1n) is 7.76. The van der Waals surface area contributed by atoms with Crippen molar-refractivity contribution in [2.24, 2.45) is 0 Å². The van der Waals surface area contributed by atoms with Crippen molar-refractivity contribution in [3.8, 4) is 0 Å². The third-order valence-electron chi connectivity index (χ3n) is 3.82. The van der Waals surface area contributed by atoms with Gasteiger partial charge in [-0.1, -0.05) is 28.1 Å². The molecule has 0 aromatic heterocycles. The first kappa shape index (κ1) is 19.1. The Morgan fingerprint density at radius 3 is 2.50 bits per heavy atom. The highest BCUT2D eigenvalue weighted by Crippen LogP contribution is 2.33. The van der Waals surface area contributed by atoms with Gasteiger partial charge in [-0.05, 0) is 44.9 Å². The predicted molar refractivity (Wildman–Crippen MR) is 97.1 cm³/mol. The molecule has 1 N–H and O–H groups in total. The summed E-state index contributed by atoms with van der Waals surface area (Å²) in [5, 5.41) is 2.99. The molecule has 1 aliphatic heterocycles. The molecule has 132 valence electrons. The number of halogens is 2. The summed E-state index contributed by atoms with van der Waals surface area (Å²) in [6.45, 7) is 6.36. The summed E-state index contributed by atoms with van der Waals surface area (Å²) in [6, 6.07) is 7.72. The standard InChI is InChI=1S/C17H22BrClN2O3/c1-16(2,3)24-15(23)21-9-8-17(11-21,20-14(22)10-19)12-4-6-13(18)7-5-12/h4-7H,8-11H2,1-3H3,(H,20,22). The summed E-state index contributed by atoms with van der Waals surface area (Å²) >= 11 is 9.08. The number of hydrogen-bond donors (Lipinski definition) is 1. The van der Waals surface area contributed by atoms with Gasteiger partial charge < -0.3 is 15.0 Å². The van der Waals surface area contributed by atoms with Crippen molar-refractivity contribution in [1.82, 2.24) is 10.2 Å². The van der Waals surface area contributed by atoms with Crippen LogP contribution >= 0.6 is 27.5 Å². The van der Waals surface area contributed by atoms with Gasteiger partial charge in [0.15, 0.2) is 0 Å². The maximum atomic E-state index is 12.3. The number of nitrogens with zero attached hydrogens (tertiary/aromatic N) is 1. The lowest BCUT2D eigenvalue weighted by molar-refractivity contribution is -0.120. The van der Waals surface area contributed by atoms with Crippen molar-refractivity contribution < 1.29 is 14.3 Å². The van der Waals surface area contributed by atoms with Gasteiger partial charge in [-0.2, -0.15) is 0 Å². The Bertz CT molecular complexity index is 615. The minimum atomic E-state index is -0.649. The third kappa shape index (κ3) is 4.63. The largest absolute Gasteiger partial charge is 0.444 e. The van der Waals surface area contributed by atoms with Gasteiger partial charge in [0.1, 0.15) is 11.5 Å². The molecule has 2 rings (SSSR count). The van der Waals surface area contributed by atoms with Crippen LogP contribution in [0.3, 0.4) is 0 Å². The molecule has 24 heavy (non-hydrogen) atoms.